The SMILES string of the molecule is CC[C@H]1CC[C@H]([C@H]2CC[C@H](c3ccc(C(F)(F)Oc4cc(F)c(C(F)(F)F)c(F)c4)c(F)c3)CC2)CC1. The van der Waals surface area contributed by atoms with Gasteiger partial charge in [-0.05, 0) is 79.9 Å². The molecule has 9 heteroatoms. The van der Waals surface area contributed by atoms with Gasteiger partial charge in [0.2, 0.25) is 0 Å². The average molecular weight is 535 g/mol. The Bertz CT molecular complexity index is 1060. The number of hydrogen-bond acceptors (Lipinski definition) is 1. The second-order valence-electron chi connectivity index (χ2n) is 10.4. The molecule has 1 nitrogen and oxygen atoms in total. The van der Waals surface area contributed by atoms with E-state index in [4.69, 9.17) is 0 Å². The molecule has 0 amide bonds. The first-order valence-electron chi connectivity index (χ1n) is 12.8. The molecule has 0 saturated heterocycles. The van der Waals surface area contributed by atoms with Crippen molar-refractivity contribution in [2.75, 3.05) is 0 Å². The highest BCUT2D eigenvalue weighted by atomic mass is 19.4. The Morgan fingerprint density at radius 2 is 1.27 bits per heavy atom. The van der Waals surface area contributed by atoms with Crippen LogP contribution in [0.25, 0.3) is 0 Å². The van der Waals surface area contributed by atoms with Crippen LogP contribution in [0.4, 0.5) is 35.1 Å². The first-order valence-corrected chi connectivity index (χ1v) is 12.8. The molecule has 204 valence electrons. The molecule has 0 radical (unpaired) electrons. The molecule has 0 aromatic heterocycles. The Morgan fingerprint density at radius 1 is 0.730 bits per heavy atom. The van der Waals surface area contributed by atoms with Crippen molar-refractivity contribution in [1.29, 1.82) is 0 Å². The summed E-state index contributed by atoms with van der Waals surface area (Å²) in [5.41, 5.74) is -2.79. The van der Waals surface area contributed by atoms with Gasteiger partial charge >= 0.3 is 12.3 Å². The van der Waals surface area contributed by atoms with E-state index in [-0.39, 0.29) is 18.1 Å². The van der Waals surface area contributed by atoms with Gasteiger partial charge in [0.15, 0.2) is 0 Å². The number of benzene rings is 2. The second kappa shape index (κ2) is 10.8. The summed E-state index contributed by atoms with van der Waals surface area (Å²) in [6, 6.07) is 3.27. The fourth-order valence-electron chi connectivity index (χ4n) is 6.10. The summed E-state index contributed by atoms with van der Waals surface area (Å²) in [6.45, 7) is 2.23. The zero-order valence-electron chi connectivity index (χ0n) is 20.5. The van der Waals surface area contributed by atoms with Crippen LogP contribution in [0.1, 0.15) is 87.3 Å². The lowest BCUT2D eigenvalue weighted by Crippen LogP contribution is -2.26. The number of ether oxygens (including phenoxy) is 1. The monoisotopic (exact) mass is 534 g/mol. The summed E-state index contributed by atoms with van der Waals surface area (Å²) >= 11 is 0. The third-order valence-electron chi connectivity index (χ3n) is 8.23. The maximum atomic E-state index is 14.8. The van der Waals surface area contributed by atoms with Crippen LogP contribution in [0.5, 0.6) is 5.75 Å². The molecular weight excluding hydrogens is 504 g/mol. The van der Waals surface area contributed by atoms with Crippen molar-refractivity contribution in [2.45, 2.75) is 82.9 Å². The maximum Gasteiger partial charge on any atom is 0.429 e. The highest BCUT2D eigenvalue weighted by molar-refractivity contribution is 5.34. The standard InChI is InChI=1S/C28H30F8O/c1-2-16-3-5-17(6-4-16)18-7-9-19(10-8-18)20-11-12-22(23(29)13-20)28(35,36)37-21-14-24(30)26(25(31)15-21)27(32,33)34/h11-19H,2-10H2,1H3/t16-,17-,18-,19-. The summed E-state index contributed by atoms with van der Waals surface area (Å²) in [7, 11) is 0. The van der Waals surface area contributed by atoms with Gasteiger partial charge in [0, 0.05) is 12.1 Å². The van der Waals surface area contributed by atoms with Gasteiger partial charge in [-0.15, -0.1) is 0 Å². The molecule has 2 aliphatic carbocycles. The predicted molar refractivity (Wildman–Crippen MR) is 123 cm³/mol. The van der Waals surface area contributed by atoms with E-state index in [9.17, 15) is 35.1 Å². The molecule has 0 unspecified atom stereocenters. The molecule has 0 aliphatic heterocycles. The van der Waals surface area contributed by atoms with E-state index in [0.717, 1.165) is 49.7 Å². The molecule has 2 aromatic rings. The minimum Gasteiger partial charge on any atom is -0.429 e. The van der Waals surface area contributed by atoms with E-state index < -0.39 is 46.6 Å². The van der Waals surface area contributed by atoms with Gasteiger partial charge < -0.3 is 4.74 Å². The molecule has 4 rings (SSSR count). The van der Waals surface area contributed by atoms with E-state index in [1.165, 1.54) is 38.2 Å². The van der Waals surface area contributed by atoms with Crippen LogP contribution >= 0.6 is 0 Å². The Kier molecular flexibility index (Phi) is 8.10. The van der Waals surface area contributed by atoms with Gasteiger partial charge in [-0.1, -0.05) is 32.3 Å². The largest absolute Gasteiger partial charge is 0.429 e. The van der Waals surface area contributed by atoms with Gasteiger partial charge in [0.25, 0.3) is 0 Å². The van der Waals surface area contributed by atoms with Crippen molar-refractivity contribution in [3.63, 3.8) is 0 Å². The summed E-state index contributed by atoms with van der Waals surface area (Å²) in [4.78, 5) is 0. The number of rotatable bonds is 6. The third-order valence-corrected chi connectivity index (χ3v) is 8.23. The quantitative estimate of drug-likeness (QED) is 0.335. The summed E-state index contributed by atoms with van der Waals surface area (Å²) in [5.74, 6) is -4.43. The molecule has 2 aromatic carbocycles. The molecule has 0 bridgehead atoms. The Balaban J connectivity index is 1.41. The van der Waals surface area contributed by atoms with E-state index in [1.54, 1.807) is 0 Å². The van der Waals surface area contributed by atoms with Crippen molar-refractivity contribution in [3.8, 4) is 5.75 Å². The van der Waals surface area contributed by atoms with Crippen molar-refractivity contribution in [1.82, 2.24) is 0 Å². The van der Waals surface area contributed by atoms with Crippen molar-refractivity contribution in [3.05, 3.63) is 64.5 Å². The van der Waals surface area contributed by atoms with Crippen LogP contribution in [0, 0.1) is 35.2 Å². The minimum atomic E-state index is -5.36. The molecule has 0 heterocycles. The van der Waals surface area contributed by atoms with Crippen LogP contribution in [0.3, 0.4) is 0 Å². The van der Waals surface area contributed by atoms with Crippen LogP contribution in [-0.4, -0.2) is 0 Å². The highest BCUT2D eigenvalue weighted by Crippen LogP contribution is 2.45. The smallest absolute Gasteiger partial charge is 0.429 e. The first kappa shape index (κ1) is 27.7. The number of hydrogen-bond donors (Lipinski definition) is 0. The fraction of sp³-hybridized carbons (Fsp3) is 0.571. The molecule has 2 aliphatic rings. The van der Waals surface area contributed by atoms with Crippen molar-refractivity contribution >= 4 is 0 Å². The Hall–Kier alpha value is -2.32. The molecule has 37 heavy (non-hydrogen) atoms. The maximum absolute atomic E-state index is 14.8. The molecule has 2 fully saturated rings. The van der Waals surface area contributed by atoms with E-state index in [2.05, 4.69) is 11.7 Å². The summed E-state index contributed by atoms with van der Waals surface area (Å²) < 4.78 is 114. The zero-order valence-corrected chi connectivity index (χ0v) is 20.5. The lowest BCUT2D eigenvalue weighted by atomic mass is 9.68. The van der Waals surface area contributed by atoms with Crippen LogP contribution < -0.4 is 4.74 Å². The van der Waals surface area contributed by atoms with Crippen molar-refractivity contribution in [2.24, 2.45) is 17.8 Å². The Labute approximate surface area is 211 Å². The van der Waals surface area contributed by atoms with E-state index in [1.807, 2.05) is 0 Å². The lowest BCUT2D eigenvalue weighted by Gasteiger charge is -2.38. The van der Waals surface area contributed by atoms with Gasteiger partial charge in [-0.25, -0.2) is 13.2 Å². The van der Waals surface area contributed by atoms with Crippen LogP contribution in [0.15, 0.2) is 30.3 Å². The lowest BCUT2D eigenvalue weighted by molar-refractivity contribution is -0.187. The highest BCUT2D eigenvalue weighted by Gasteiger charge is 2.41. The first-order chi connectivity index (χ1) is 17.4. The summed E-state index contributed by atoms with van der Waals surface area (Å²) in [6.07, 6.45) is 0.260. The Morgan fingerprint density at radius 3 is 1.76 bits per heavy atom. The average Bonchev–Trinajstić information content (AvgIpc) is 2.82. The zero-order chi connectivity index (χ0) is 27.0. The van der Waals surface area contributed by atoms with Gasteiger partial charge in [-0.2, -0.15) is 22.0 Å². The molecule has 2 saturated carbocycles. The fourth-order valence-corrected chi connectivity index (χ4v) is 6.10. The molecule has 0 N–H and O–H groups in total. The normalized spacial score (nSPS) is 25.2. The predicted octanol–water partition coefficient (Wildman–Crippen LogP) is 9.74. The van der Waals surface area contributed by atoms with Gasteiger partial charge in [0.05, 0.1) is 5.56 Å². The third kappa shape index (κ3) is 6.23. The number of halogens is 8. The number of alkyl halides is 5. The van der Waals surface area contributed by atoms with Crippen molar-refractivity contribution < 1.29 is 39.9 Å². The topological polar surface area (TPSA) is 9.23 Å². The minimum absolute atomic E-state index is 0.000744. The van der Waals surface area contributed by atoms with Gasteiger partial charge in [-0.3, -0.25) is 0 Å². The summed E-state index contributed by atoms with van der Waals surface area (Å²) in [5, 5.41) is 0. The second-order valence-corrected chi connectivity index (χ2v) is 10.4. The molecule has 0 atom stereocenters. The van der Waals surface area contributed by atoms with Crippen LogP contribution in [-0.2, 0) is 12.3 Å². The van der Waals surface area contributed by atoms with Crippen LogP contribution in [0.2, 0.25) is 0 Å². The van der Waals surface area contributed by atoms with E-state index in [0.29, 0.717) is 11.5 Å². The van der Waals surface area contributed by atoms with Gasteiger partial charge in [0.1, 0.15) is 28.8 Å². The van der Waals surface area contributed by atoms with E-state index >= 15 is 0 Å². The molecular formula is C28H30F8O. The molecule has 0 spiro atoms.